The van der Waals surface area contributed by atoms with Crippen LogP contribution in [0.3, 0.4) is 0 Å². The first kappa shape index (κ1) is 15.0. The number of hydrogen-bond acceptors (Lipinski definition) is 5. The Morgan fingerprint density at radius 2 is 1.79 bits per heavy atom. The molecule has 1 aliphatic rings. The van der Waals surface area contributed by atoms with Gasteiger partial charge in [-0.05, 0) is 25.1 Å². The maximum absolute atomic E-state index is 13.8. The van der Waals surface area contributed by atoms with Gasteiger partial charge in [0.25, 0.3) is 0 Å². The molecule has 0 radical (unpaired) electrons. The number of rotatable bonds is 3. The topological polar surface area (TPSA) is 49.6 Å². The van der Waals surface area contributed by atoms with E-state index in [-0.39, 0.29) is 5.82 Å². The van der Waals surface area contributed by atoms with Crippen molar-refractivity contribution < 1.29 is 4.39 Å². The summed E-state index contributed by atoms with van der Waals surface area (Å²) in [6.07, 6.45) is 0. The van der Waals surface area contributed by atoms with Gasteiger partial charge in [0, 0.05) is 38.3 Å². The van der Waals surface area contributed by atoms with Crippen molar-refractivity contribution in [1.29, 1.82) is 0 Å². The molecular formula is C17H19FN6. The molecule has 24 heavy (non-hydrogen) atoms. The Labute approximate surface area is 139 Å². The highest BCUT2D eigenvalue weighted by molar-refractivity contribution is 5.46. The number of aryl methyl sites for hydroxylation is 1. The predicted molar refractivity (Wildman–Crippen MR) is 89.4 cm³/mol. The Bertz CT molecular complexity index is 853. The van der Waals surface area contributed by atoms with E-state index in [4.69, 9.17) is 0 Å². The Hall–Kier alpha value is -2.54. The molecular weight excluding hydrogens is 307 g/mol. The Balaban J connectivity index is 1.43. The lowest BCUT2D eigenvalue weighted by Gasteiger charge is -2.35. The number of hydrogen-bond donors (Lipinski definition) is 0. The van der Waals surface area contributed by atoms with Gasteiger partial charge in [0.05, 0.1) is 0 Å². The van der Waals surface area contributed by atoms with E-state index in [0.717, 1.165) is 49.0 Å². The fourth-order valence-corrected chi connectivity index (χ4v) is 3.06. The molecule has 0 bridgehead atoms. The maximum atomic E-state index is 13.8. The number of aromatic nitrogens is 4. The zero-order valence-electron chi connectivity index (χ0n) is 13.6. The molecule has 7 heteroatoms. The van der Waals surface area contributed by atoms with E-state index in [1.165, 1.54) is 6.07 Å². The number of nitrogens with zero attached hydrogens (tertiary/aromatic N) is 6. The van der Waals surface area contributed by atoms with Crippen LogP contribution in [-0.2, 0) is 6.54 Å². The Morgan fingerprint density at radius 1 is 1.00 bits per heavy atom. The third kappa shape index (κ3) is 2.82. The smallest absolute Gasteiger partial charge is 0.178 e. The number of fused-ring (bicyclic) bond motifs is 1. The van der Waals surface area contributed by atoms with Gasteiger partial charge in [-0.15, -0.1) is 15.3 Å². The van der Waals surface area contributed by atoms with Crippen LogP contribution < -0.4 is 4.90 Å². The van der Waals surface area contributed by atoms with Crippen molar-refractivity contribution in [1.82, 2.24) is 24.7 Å². The van der Waals surface area contributed by atoms with Gasteiger partial charge in [-0.25, -0.2) is 4.39 Å². The second-order valence-corrected chi connectivity index (χ2v) is 6.06. The molecule has 0 spiro atoms. The minimum absolute atomic E-state index is 0.130. The minimum atomic E-state index is -0.130. The minimum Gasteiger partial charge on any atom is -0.353 e. The van der Waals surface area contributed by atoms with Crippen LogP contribution >= 0.6 is 0 Å². The first-order valence-electron chi connectivity index (χ1n) is 8.10. The zero-order valence-corrected chi connectivity index (χ0v) is 13.6. The number of benzene rings is 1. The molecule has 124 valence electrons. The van der Waals surface area contributed by atoms with Crippen molar-refractivity contribution in [2.45, 2.75) is 13.5 Å². The number of halogens is 1. The third-order valence-corrected chi connectivity index (χ3v) is 4.45. The molecule has 1 fully saturated rings. The van der Waals surface area contributed by atoms with Crippen LogP contribution in [-0.4, -0.2) is 50.9 Å². The quantitative estimate of drug-likeness (QED) is 0.736. The fraction of sp³-hybridized carbons (Fsp3) is 0.353. The highest BCUT2D eigenvalue weighted by Crippen LogP contribution is 2.17. The maximum Gasteiger partial charge on any atom is 0.178 e. The van der Waals surface area contributed by atoms with Crippen molar-refractivity contribution in [3.8, 4) is 0 Å². The normalized spacial score (nSPS) is 16.0. The highest BCUT2D eigenvalue weighted by atomic mass is 19.1. The molecule has 4 rings (SSSR count). The van der Waals surface area contributed by atoms with Crippen molar-refractivity contribution >= 4 is 11.5 Å². The molecule has 0 unspecified atom stereocenters. The summed E-state index contributed by atoms with van der Waals surface area (Å²) >= 11 is 0. The summed E-state index contributed by atoms with van der Waals surface area (Å²) in [6.45, 7) is 6.05. The second-order valence-electron chi connectivity index (χ2n) is 6.06. The lowest BCUT2D eigenvalue weighted by molar-refractivity contribution is 0.246. The largest absolute Gasteiger partial charge is 0.353 e. The van der Waals surface area contributed by atoms with Gasteiger partial charge in [0.15, 0.2) is 11.5 Å². The lowest BCUT2D eigenvalue weighted by atomic mass is 10.2. The van der Waals surface area contributed by atoms with Crippen LogP contribution in [0, 0.1) is 12.7 Å². The van der Waals surface area contributed by atoms with Gasteiger partial charge in [0.1, 0.15) is 11.6 Å². The third-order valence-electron chi connectivity index (χ3n) is 4.45. The molecule has 0 aliphatic carbocycles. The lowest BCUT2D eigenvalue weighted by Crippen LogP contribution is -2.46. The summed E-state index contributed by atoms with van der Waals surface area (Å²) in [7, 11) is 0. The standard InChI is InChI=1S/C17H19FN6/c1-13-19-20-16-6-7-17(21-24(13)16)23-10-8-22(9-11-23)12-14-4-2-3-5-15(14)18/h2-7H,8-12H2,1H3. The second kappa shape index (κ2) is 6.16. The summed E-state index contributed by atoms with van der Waals surface area (Å²) < 4.78 is 15.5. The highest BCUT2D eigenvalue weighted by Gasteiger charge is 2.19. The van der Waals surface area contributed by atoms with E-state index in [1.807, 2.05) is 31.2 Å². The SMILES string of the molecule is Cc1nnc2ccc(N3CCN(Cc4ccccc4F)CC3)nn12. The molecule has 2 aromatic heterocycles. The molecule has 1 aromatic carbocycles. The summed E-state index contributed by atoms with van der Waals surface area (Å²) in [5.74, 6) is 1.58. The van der Waals surface area contributed by atoms with Crippen LogP contribution in [0.15, 0.2) is 36.4 Å². The van der Waals surface area contributed by atoms with Gasteiger partial charge >= 0.3 is 0 Å². The average Bonchev–Trinajstić information content (AvgIpc) is 2.98. The molecule has 6 nitrogen and oxygen atoms in total. The molecule has 0 amide bonds. The van der Waals surface area contributed by atoms with E-state index < -0.39 is 0 Å². The predicted octanol–water partition coefficient (Wildman–Crippen LogP) is 1.89. The zero-order chi connectivity index (χ0) is 16.5. The molecule has 1 aliphatic heterocycles. The molecule has 3 aromatic rings. The van der Waals surface area contributed by atoms with Crippen molar-refractivity contribution in [2.24, 2.45) is 0 Å². The molecule has 0 atom stereocenters. The Morgan fingerprint density at radius 3 is 2.58 bits per heavy atom. The van der Waals surface area contributed by atoms with Crippen LogP contribution in [0.25, 0.3) is 5.65 Å². The van der Waals surface area contributed by atoms with Gasteiger partial charge in [-0.2, -0.15) is 4.52 Å². The summed E-state index contributed by atoms with van der Waals surface area (Å²) in [4.78, 5) is 4.52. The van der Waals surface area contributed by atoms with E-state index in [1.54, 1.807) is 10.6 Å². The number of anilines is 1. The molecule has 3 heterocycles. The van der Waals surface area contributed by atoms with E-state index in [2.05, 4.69) is 25.1 Å². The van der Waals surface area contributed by atoms with Gasteiger partial charge in [-0.3, -0.25) is 4.90 Å². The van der Waals surface area contributed by atoms with Crippen LogP contribution in [0.5, 0.6) is 0 Å². The first-order valence-corrected chi connectivity index (χ1v) is 8.10. The van der Waals surface area contributed by atoms with Crippen molar-refractivity contribution in [3.05, 3.63) is 53.6 Å². The first-order chi connectivity index (χ1) is 11.7. The van der Waals surface area contributed by atoms with Gasteiger partial charge in [0.2, 0.25) is 0 Å². The summed E-state index contributed by atoms with van der Waals surface area (Å²) in [5.41, 5.74) is 1.51. The Kier molecular flexibility index (Phi) is 3.86. The summed E-state index contributed by atoms with van der Waals surface area (Å²) in [6, 6.07) is 10.9. The molecule has 0 N–H and O–H groups in total. The van der Waals surface area contributed by atoms with E-state index in [9.17, 15) is 4.39 Å². The summed E-state index contributed by atoms with van der Waals surface area (Å²) in [5, 5.41) is 12.7. The van der Waals surface area contributed by atoms with Crippen LogP contribution in [0.1, 0.15) is 11.4 Å². The fourth-order valence-electron chi connectivity index (χ4n) is 3.06. The van der Waals surface area contributed by atoms with Crippen molar-refractivity contribution in [3.63, 3.8) is 0 Å². The van der Waals surface area contributed by atoms with Gasteiger partial charge in [-0.1, -0.05) is 18.2 Å². The van der Waals surface area contributed by atoms with Crippen LogP contribution in [0.2, 0.25) is 0 Å². The van der Waals surface area contributed by atoms with Crippen LogP contribution in [0.4, 0.5) is 10.2 Å². The molecule has 0 saturated carbocycles. The average molecular weight is 326 g/mol. The van der Waals surface area contributed by atoms with E-state index in [0.29, 0.717) is 6.54 Å². The van der Waals surface area contributed by atoms with Gasteiger partial charge < -0.3 is 4.90 Å². The monoisotopic (exact) mass is 326 g/mol. The van der Waals surface area contributed by atoms with Crippen molar-refractivity contribution in [2.75, 3.05) is 31.1 Å². The van der Waals surface area contributed by atoms with E-state index >= 15 is 0 Å². The molecule has 1 saturated heterocycles. The number of piperazine rings is 1.